The smallest absolute Gasteiger partial charge is 0.221 e. The minimum absolute atomic E-state index is 0. The highest BCUT2D eigenvalue weighted by Crippen LogP contribution is 2.25. The fraction of sp³-hybridized carbons (Fsp3) is 0.333. The molecule has 0 unspecified atom stereocenters. The molecule has 7 nitrogen and oxygen atoms in total. The van der Waals surface area contributed by atoms with E-state index in [0.717, 1.165) is 11.3 Å². The number of hydrogen-bond acceptors (Lipinski definition) is 4. The summed E-state index contributed by atoms with van der Waals surface area (Å²) in [4.78, 5) is 15.6. The highest BCUT2D eigenvalue weighted by Gasteiger charge is 2.07. The number of carbonyl (C=O) groups excluding carboxylic acids is 1. The number of aliphatic imine (C=N–C) groups is 1. The molecule has 29 heavy (non-hydrogen) atoms. The van der Waals surface area contributed by atoms with Crippen molar-refractivity contribution in [3.8, 4) is 11.5 Å². The van der Waals surface area contributed by atoms with Gasteiger partial charge in [-0.05, 0) is 36.8 Å². The molecule has 1 amide bonds. The number of halogens is 1. The molecule has 0 heterocycles. The summed E-state index contributed by atoms with van der Waals surface area (Å²) >= 11 is 0. The van der Waals surface area contributed by atoms with Crippen molar-refractivity contribution in [2.45, 2.75) is 20.4 Å². The third-order valence-electron chi connectivity index (χ3n) is 3.94. The SMILES string of the molecule is CN=C(NCCOc1ccc(C)cc1)NCc1ccc(OC)c(NC(C)=O)c1.I. The predicted octanol–water partition coefficient (Wildman–Crippen LogP) is 3.32. The standard InChI is InChI=1S/C21H28N4O3.HI/c1-15-5-8-18(9-6-15)28-12-11-23-21(22-3)24-14-17-7-10-20(27-4)19(13-17)25-16(2)26;/h5-10,13H,11-12,14H2,1-4H3,(H,25,26)(H2,22,23,24);1H. The van der Waals surface area contributed by atoms with Gasteiger partial charge >= 0.3 is 0 Å². The van der Waals surface area contributed by atoms with Crippen molar-refractivity contribution < 1.29 is 14.3 Å². The summed E-state index contributed by atoms with van der Waals surface area (Å²) in [5.41, 5.74) is 2.84. The second kappa shape index (κ2) is 12.9. The van der Waals surface area contributed by atoms with Crippen molar-refractivity contribution in [1.29, 1.82) is 0 Å². The van der Waals surface area contributed by atoms with Crippen molar-refractivity contribution in [1.82, 2.24) is 10.6 Å². The van der Waals surface area contributed by atoms with Crippen LogP contribution < -0.4 is 25.4 Å². The molecule has 0 aliphatic rings. The molecule has 0 saturated carbocycles. The average molecular weight is 512 g/mol. The van der Waals surface area contributed by atoms with Crippen LogP contribution in [-0.4, -0.2) is 39.2 Å². The van der Waals surface area contributed by atoms with E-state index in [1.165, 1.54) is 12.5 Å². The number of hydrogen-bond donors (Lipinski definition) is 3. The van der Waals surface area contributed by atoms with E-state index in [-0.39, 0.29) is 29.9 Å². The van der Waals surface area contributed by atoms with Crippen molar-refractivity contribution in [2.75, 3.05) is 32.6 Å². The minimum atomic E-state index is -0.144. The molecule has 2 rings (SSSR count). The first-order valence-corrected chi connectivity index (χ1v) is 9.10. The first kappa shape index (κ1) is 24.5. The lowest BCUT2D eigenvalue weighted by molar-refractivity contribution is -0.114. The molecule has 0 fully saturated rings. The molecular formula is C21H29IN4O3. The van der Waals surface area contributed by atoms with E-state index in [2.05, 4.69) is 20.9 Å². The van der Waals surface area contributed by atoms with E-state index in [1.54, 1.807) is 14.2 Å². The van der Waals surface area contributed by atoms with Gasteiger partial charge in [0.15, 0.2) is 5.96 Å². The Bertz CT molecular complexity index is 810. The molecule has 0 atom stereocenters. The molecule has 0 radical (unpaired) electrons. The molecule has 3 N–H and O–H groups in total. The Morgan fingerprint density at radius 3 is 2.45 bits per heavy atom. The number of ether oxygens (including phenoxy) is 2. The number of methoxy groups -OCH3 is 1. The Hall–Kier alpha value is -2.49. The molecule has 158 valence electrons. The van der Waals surface area contributed by atoms with Gasteiger partial charge in [-0.25, -0.2) is 0 Å². The van der Waals surface area contributed by atoms with Crippen LogP contribution in [0.4, 0.5) is 5.69 Å². The molecule has 0 aliphatic carbocycles. The predicted molar refractivity (Wildman–Crippen MR) is 128 cm³/mol. The molecule has 2 aromatic carbocycles. The Kier molecular flexibility index (Phi) is 10.9. The summed E-state index contributed by atoms with van der Waals surface area (Å²) in [6.45, 7) is 5.21. The zero-order valence-electron chi connectivity index (χ0n) is 17.2. The Labute approximate surface area is 189 Å². The lowest BCUT2D eigenvalue weighted by atomic mass is 10.2. The van der Waals surface area contributed by atoms with Crippen molar-refractivity contribution in [3.63, 3.8) is 0 Å². The van der Waals surface area contributed by atoms with E-state index in [0.29, 0.717) is 37.1 Å². The van der Waals surface area contributed by atoms with Crippen molar-refractivity contribution in [3.05, 3.63) is 53.6 Å². The van der Waals surface area contributed by atoms with E-state index in [1.807, 2.05) is 49.4 Å². The van der Waals surface area contributed by atoms with Gasteiger partial charge in [0.05, 0.1) is 19.3 Å². The molecular weight excluding hydrogens is 483 g/mol. The Morgan fingerprint density at radius 1 is 1.10 bits per heavy atom. The molecule has 0 aliphatic heterocycles. The third kappa shape index (κ3) is 8.59. The van der Waals surface area contributed by atoms with E-state index in [4.69, 9.17) is 9.47 Å². The third-order valence-corrected chi connectivity index (χ3v) is 3.94. The molecule has 0 saturated heterocycles. The lowest BCUT2D eigenvalue weighted by Crippen LogP contribution is -2.38. The normalized spacial score (nSPS) is 10.6. The monoisotopic (exact) mass is 512 g/mol. The van der Waals surface area contributed by atoms with Gasteiger partial charge in [-0.3, -0.25) is 9.79 Å². The molecule has 8 heteroatoms. The lowest BCUT2D eigenvalue weighted by Gasteiger charge is -2.14. The largest absolute Gasteiger partial charge is 0.495 e. The minimum Gasteiger partial charge on any atom is -0.495 e. The fourth-order valence-electron chi connectivity index (χ4n) is 2.53. The zero-order valence-corrected chi connectivity index (χ0v) is 19.6. The number of amides is 1. The first-order chi connectivity index (χ1) is 13.5. The quantitative estimate of drug-likeness (QED) is 0.219. The van der Waals surface area contributed by atoms with Crippen LogP contribution in [0.1, 0.15) is 18.1 Å². The van der Waals surface area contributed by atoms with Gasteiger partial charge in [0.1, 0.15) is 18.1 Å². The Balaban J connectivity index is 0.00000420. The van der Waals surface area contributed by atoms with Gasteiger partial charge in [0.2, 0.25) is 5.91 Å². The van der Waals surface area contributed by atoms with Crippen molar-refractivity contribution in [2.24, 2.45) is 4.99 Å². The van der Waals surface area contributed by atoms with Gasteiger partial charge in [-0.2, -0.15) is 0 Å². The fourth-order valence-corrected chi connectivity index (χ4v) is 2.53. The average Bonchev–Trinajstić information content (AvgIpc) is 2.68. The maximum Gasteiger partial charge on any atom is 0.221 e. The van der Waals surface area contributed by atoms with Gasteiger partial charge in [-0.15, -0.1) is 24.0 Å². The molecule has 0 spiro atoms. The molecule has 0 aromatic heterocycles. The maximum absolute atomic E-state index is 11.3. The summed E-state index contributed by atoms with van der Waals surface area (Å²) in [5, 5.41) is 9.22. The number of nitrogens with one attached hydrogen (secondary N) is 3. The number of rotatable bonds is 8. The van der Waals surface area contributed by atoms with Crippen LogP contribution in [-0.2, 0) is 11.3 Å². The van der Waals surface area contributed by atoms with Gasteiger partial charge < -0.3 is 25.4 Å². The first-order valence-electron chi connectivity index (χ1n) is 9.10. The second-order valence-corrected chi connectivity index (χ2v) is 6.23. The van der Waals surface area contributed by atoms with E-state index < -0.39 is 0 Å². The summed E-state index contributed by atoms with van der Waals surface area (Å²) in [7, 11) is 3.29. The number of aryl methyl sites for hydroxylation is 1. The van der Waals surface area contributed by atoms with Crippen LogP contribution in [0.15, 0.2) is 47.5 Å². The number of benzene rings is 2. The van der Waals surface area contributed by atoms with Crippen LogP contribution in [0.2, 0.25) is 0 Å². The highest BCUT2D eigenvalue weighted by atomic mass is 127. The van der Waals surface area contributed by atoms with Crippen LogP contribution >= 0.6 is 24.0 Å². The second-order valence-electron chi connectivity index (χ2n) is 6.23. The summed E-state index contributed by atoms with van der Waals surface area (Å²) in [6, 6.07) is 13.6. The summed E-state index contributed by atoms with van der Waals surface area (Å²) in [5.74, 6) is 1.99. The van der Waals surface area contributed by atoms with Gasteiger partial charge in [0, 0.05) is 20.5 Å². The maximum atomic E-state index is 11.3. The number of guanidine groups is 1. The zero-order chi connectivity index (χ0) is 20.4. The van der Waals surface area contributed by atoms with Gasteiger partial charge in [-0.1, -0.05) is 23.8 Å². The van der Waals surface area contributed by atoms with E-state index in [9.17, 15) is 4.79 Å². The Morgan fingerprint density at radius 2 is 1.83 bits per heavy atom. The van der Waals surface area contributed by atoms with Crippen LogP contribution in [0.3, 0.4) is 0 Å². The topological polar surface area (TPSA) is 84.0 Å². The highest BCUT2D eigenvalue weighted by molar-refractivity contribution is 14.0. The van der Waals surface area contributed by atoms with Crippen molar-refractivity contribution >= 4 is 41.5 Å². The molecule has 0 bridgehead atoms. The summed E-state index contributed by atoms with van der Waals surface area (Å²) in [6.07, 6.45) is 0. The van der Waals surface area contributed by atoms with Gasteiger partial charge in [0.25, 0.3) is 0 Å². The summed E-state index contributed by atoms with van der Waals surface area (Å²) < 4.78 is 11.0. The van der Waals surface area contributed by atoms with E-state index >= 15 is 0 Å². The number of nitrogens with zero attached hydrogens (tertiary/aromatic N) is 1. The molecule has 2 aromatic rings. The van der Waals surface area contributed by atoms with Crippen LogP contribution in [0.5, 0.6) is 11.5 Å². The van der Waals surface area contributed by atoms with Crippen LogP contribution in [0, 0.1) is 6.92 Å². The number of anilines is 1. The van der Waals surface area contributed by atoms with Crippen LogP contribution in [0.25, 0.3) is 0 Å². The number of carbonyl (C=O) groups is 1.